The molecule has 3 aliphatic carbocycles. The first-order chi connectivity index (χ1) is 32.2. The highest BCUT2D eigenvalue weighted by molar-refractivity contribution is 6.20. The van der Waals surface area contributed by atoms with Gasteiger partial charge in [-0.25, -0.2) is 9.97 Å². The first-order valence-electron chi connectivity index (χ1n) is 22.6. The van der Waals surface area contributed by atoms with Gasteiger partial charge in [-0.1, -0.05) is 170 Å². The monoisotopic (exact) mass is 827 g/mol. The second-order valence-corrected chi connectivity index (χ2v) is 18.0. The second kappa shape index (κ2) is 13.1. The molecule has 9 aromatic carbocycles. The summed E-state index contributed by atoms with van der Waals surface area (Å²) >= 11 is 0. The highest BCUT2D eigenvalue weighted by Gasteiger charge is 2.60. The van der Waals surface area contributed by atoms with Gasteiger partial charge in [-0.3, -0.25) is 4.57 Å². The van der Waals surface area contributed by atoms with Gasteiger partial charge >= 0.3 is 0 Å². The Hall–Kier alpha value is -8.34. The van der Waals surface area contributed by atoms with Crippen LogP contribution in [0.4, 0.5) is 0 Å². The van der Waals surface area contributed by atoms with Crippen molar-refractivity contribution < 1.29 is 4.42 Å². The van der Waals surface area contributed by atoms with Crippen LogP contribution in [0, 0.1) is 0 Å². The molecule has 15 rings (SSSR count). The number of furan rings is 1. The summed E-state index contributed by atoms with van der Waals surface area (Å²) in [6, 6.07) is 74.9. The number of rotatable bonds is 5. The maximum Gasteiger partial charge on any atom is 0.236 e. The first-order valence-corrected chi connectivity index (χ1v) is 22.6. The van der Waals surface area contributed by atoms with Gasteiger partial charge in [0.15, 0.2) is 5.58 Å². The van der Waals surface area contributed by atoms with E-state index in [1.165, 1.54) is 77.5 Å². The van der Waals surface area contributed by atoms with E-state index in [1.54, 1.807) is 0 Å². The van der Waals surface area contributed by atoms with E-state index in [9.17, 15) is 0 Å². The molecule has 4 heteroatoms. The number of aromatic nitrogens is 3. The fourth-order valence-corrected chi connectivity index (χ4v) is 11.7. The number of fused-ring (bicyclic) bond motifs is 14. The van der Waals surface area contributed by atoms with Crippen molar-refractivity contribution >= 4 is 43.9 Å². The first kappa shape index (κ1) is 35.2. The minimum Gasteiger partial charge on any atom is -0.452 e. The van der Waals surface area contributed by atoms with Crippen molar-refractivity contribution in [2.24, 2.45) is 0 Å². The fraction of sp³-hybridized carbons (Fsp3) is 0.0492. The summed E-state index contributed by atoms with van der Waals surface area (Å²) < 4.78 is 9.03. The van der Waals surface area contributed by atoms with Crippen molar-refractivity contribution in [3.63, 3.8) is 0 Å². The summed E-state index contributed by atoms with van der Waals surface area (Å²) in [7, 11) is 0. The van der Waals surface area contributed by atoms with E-state index in [-0.39, 0.29) is 0 Å². The number of hydrogen-bond acceptors (Lipinski definition) is 3. The van der Waals surface area contributed by atoms with Gasteiger partial charge in [0.25, 0.3) is 0 Å². The van der Waals surface area contributed by atoms with Crippen molar-refractivity contribution in [2.75, 3.05) is 0 Å². The topological polar surface area (TPSA) is 43.9 Å². The van der Waals surface area contributed by atoms with E-state index in [0.29, 0.717) is 29.3 Å². The Labute approximate surface area is 374 Å². The number of benzene rings is 9. The van der Waals surface area contributed by atoms with Crippen LogP contribution in [0.5, 0.6) is 0 Å². The second-order valence-electron chi connectivity index (χ2n) is 18.0. The van der Waals surface area contributed by atoms with Gasteiger partial charge in [0.05, 0.1) is 11.0 Å². The minimum atomic E-state index is 0.431. The predicted molar refractivity (Wildman–Crippen MR) is 264 cm³/mol. The molecule has 0 spiro atoms. The molecule has 0 amide bonds. The molecule has 1 saturated carbocycles. The number of nitrogens with zero attached hydrogens (tertiary/aromatic N) is 3. The molecule has 3 atom stereocenters. The van der Waals surface area contributed by atoms with E-state index in [1.807, 2.05) is 12.1 Å². The minimum absolute atomic E-state index is 0.431. The highest BCUT2D eigenvalue weighted by atomic mass is 16.3. The van der Waals surface area contributed by atoms with Crippen molar-refractivity contribution in [3.8, 4) is 72.8 Å². The van der Waals surface area contributed by atoms with Crippen molar-refractivity contribution in [3.05, 3.63) is 223 Å². The Morgan fingerprint density at radius 2 is 0.985 bits per heavy atom. The molecule has 0 radical (unpaired) electrons. The van der Waals surface area contributed by atoms with E-state index >= 15 is 0 Å². The lowest BCUT2D eigenvalue weighted by Crippen LogP contribution is -2.07. The van der Waals surface area contributed by atoms with Gasteiger partial charge < -0.3 is 4.42 Å². The fourth-order valence-electron chi connectivity index (χ4n) is 11.7. The summed E-state index contributed by atoms with van der Waals surface area (Å²) in [5.41, 5.74) is 23.1. The molecular formula is C61H37N3O. The molecule has 0 bridgehead atoms. The molecule has 302 valence electrons. The summed E-state index contributed by atoms with van der Waals surface area (Å²) in [6.45, 7) is 0. The maximum absolute atomic E-state index is 6.69. The average molecular weight is 828 g/mol. The van der Waals surface area contributed by atoms with Gasteiger partial charge in [-0.2, -0.15) is 0 Å². The maximum atomic E-state index is 6.69. The normalized spacial score (nSPS) is 16.5. The van der Waals surface area contributed by atoms with E-state index in [4.69, 9.17) is 14.4 Å². The standard InChI is InChI=1S/C61H37N3O/c1-4-14-35(15-5-1)38-24-26-39(27-25-38)58-60-59(45-22-12-13-23-51(45)65-60)63-61(62-58)64-49-31-29-41(37-18-8-3-9-19-37)33-48(49)52-50(64)34-47-46-32-40(36-16-6-2-7-17-36)28-30-44(46)55-54-43-21-11-10-20-42(43)53(52)56(47)57(54)55/h1-34,54-55,57H. The Morgan fingerprint density at radius 3 is 1.74 bits per heavy atom. The zero-order chi connectivity index (χ0) is 42.3. The van der Waals surface area contributed by atoms with Crippen LogP contribution in [-0.4, -0.2) is 14.5 Å². The lowest BCUT2D eigenvalue weighted by atomic mass is 9.77. The van der Waals surface area contributed by atoms with Gasteiger partial charge in [-0.15, -0.1) is 0 Å². The smallest absolute Gasteiger partial charge is 0.236 e. The third-order valence-corrected chi connectivity index (χ3v) is 14.6. The van der Waals surface area contributed by atoms with Crippen LogP contribution < -0.4 is 0 Å². The number of hydrogen-bond donors (Lipinski definition) is 0. The molecule has 12 aromatic rings. The Bertz CT molecular complexity index is 3940. The van der Waals surface area contributed by atoms with Gasteiger partial charge in [0, 0.05) is 27.6 Å². The predicted octanol–water partition coefficient (Wildman–Crippen LogP) is 15.8. The van der Waals surface area contributed by atoms with Crippen LogP contribution in [-0.2, 0) is 0 Å². The van der Waals surface area contributed by atoms with E-state index in [2.05, 4.69) is 199 Å². The lowest BCUT2D eigenvalue weighted by molar-refractivity contribution is 0.666. The van der Waals surface area contributed by atoms with Gasteiger partial charge in [0.2, 0.25) is 5.95 Å². The molecular weight excluding hydrogens is 791 g/mol. The summed E-state index contributed by atoms with van der Waals surface area (Å²) in [4.78, 5) is 11.1. The molecule has 65 heavy (non-hydrogen) atoms. The average Bonchev–Trinajstić information content (AvgIpc) is 3.90. The Morgan fingerprint density at radius 1 is 0.400 bits per heavy atom. The van der Waals surface area contributed by atoms with E-state index < -0.39 is 0 Å². The molecule has 0 N–H and O–H groups in total. The van der Waals surface area contributed by atoms with Gasteiger partial charge in [-0.05, 0) is 121 Å². The van der Waals surface area contributed by atoms with Crippen LogP contribution in [0.3, 0.4) is 0 Å². The molecule has 4 nitrogen and oxygen atoms in total. The SMILES string of the molecule is c1ccc(-c2ccc(-c3nc(-n4c5ccc(-c6ccccc6)cc5c5c6c7c(cc54)-c4cc(-c5ccccc5)ccc4C4C(c5ccccc5-6)C74)nc4c3oc3ccccc34)cc2)cc1. The summed E-state index contributed by atoms with van der Waals surface area (Å²) in [6.07, 6.45) is 0. The highest BCUT2D eigenvalue weighted by Crippen LogP contribution is 2.76. The Balaban J connectivity index is 1.07. The quantitative estimate of drug-likeness (QED) is 0.174. The van der Waals surface area contributed by atoms with Crippen LogP contribution in [0.25, 0.3) is 117 Å². The molecule has 3 unspecified atom stereocenters. The zero-order valence-corrected chi connectivity index (χ0v) is 35.1. The molecule has 1 fully saturated rings. The lowest BCUT2D eigenvalue weighted by Gasteiger charge is -2.26. The zero-order valence-electron chi connectivity index (χ0n) is 35.1. The van der Waals surface area contributed by atoms with Crippen LogP contribution in [0.1, 0.15) is 34.4 Å². The van der Waals surface area contributed by atoms with Crippen LogP contribution >= 0.6 is 0 Å². The molecule has 3 aliphatic rings. The Kier molecular flexibility index (Phi) is 7.09. The number of para-hydroxylation sites is 1. The third kappa shape index (κ3) is 4.97. The molecule has 0 aliphatic heterocycles. The largest absolute Gasteiger partial charge is 0.452 e. The summed E-state index contributed by atoms with van der Waals surface area (Å²) in [5.74, 6) is 1.96. The van der Waals surface area contributed by atoms with Crippen molar-refractivity contribution in [1.29, 1.82) is 0 Å². The molecule has 3 aromatic heterocycles. The summed E-state index contributed by atoms with van der Waals surface area (Å²) in [5, 5.41) is 3.42. The van der Waals surface area contributed by atoms with E-state index in [0.717, 1.165) is 44.3 Å². The molecule has 3 heterocycles. The molecule has 0 saturated heterocycles. The van der Waals surface area contributed by atoms with Crippen molar-refractivity contribution in [1.82, 2.24) is 14.5 Å². The van der Waals surface area contributed by atoms with Crippen LogP contribution in [0.15, 0.2) is 211 Å². The van der Waals surface area contributed by atoms with Gasteiger partial charge in [0.1, 0.15) is 16.8 Å². The van der Waals surface area contributed by atoms with Crippen molar-refractivity contribution in [2.45, 2.75) is 17.8 Å². The third-order valence-electron chi connectivity index (χ3n) is 14.6. The van der Waals surface area contributed by atoms with Crippen LogP contribution in [0.2, 0.25) is 0 Å².